The minimum Gasteiger partial charge on any atom is -0.451 e. The zero-order valence-electron chi connectivity index (χ0n) is 12.4. The molecule has 0 spiro atoms. The van der Waals surface area contributed by atoms with Gasteiger partial charge in [0.05, 0.1) is 11.3 Å². The summed E-state index contributed by atoms with van der Waals surface area (Å²) in [5.41, 5.74) is 0.471. The maximum Gasteiger partial charge on any atom is 0.416 e. The van der Waals surface area contributed by atoms with Gasteiger partial charge in [-0.05, 0) is 53.8 Å². The van der Waals surface area contributed by atoms with Gasteiger partial charge >= 0.3 is 6.18 Å². The Balaban J connectivity index is 1.96. The maximum atomic E-state index is 12.8. The van der Waals surface area contributed by atoms with E-state index in [2.05, 4.69) is 5.32 Å². The zero-order chi connectivity index (χ0) is 17.5. The van der Waals surface area contributed by atoms with Crippen molar-refractivity contribution in [2.75, 3.05) is 5.32 Å². The second kappa shape index (κ2) is 6.12. The molecule has 2 aromatic carbocycles. The second-order valence-electron chi connectivity index (χ2n) is 5.20. The Morgan fingerprint density at radius 1 is 1.17 bits per heavy atom. The normalized spacial score (nSPS) is 11.7. The fourth-order valence-corrected chi connectivity index (χ4v) is 2.84. The Hall–Kier alpha value is -2.03. The number of hydrogen-bond acceptors (Lipinski definition) is 2. The Morgan fingerprint density at radius 3 is 2.54 bits per heavy atom. The van der Waals surface area contributed by atoms with Gasteiger partial charge in [0.2, 0.25) is 0 Å². The standard InChI is InChI=1S/C17H11F3INO2/c1-9-11-4-2-3-5-14(11)24-15(9)16(23)22-13-8-10(17(18,19)20)6-7-12(13)21/h2-8H,1H3,(H,22,23). The molecule has 0 radical (unpaired) electrons. The van der Waals surface area contributed by atoms with Crippen LogP contribution in [0.2, 0.25) is 0 Å². The van der Waals surface area contributed by atoms with E-state index in [9.17, 15) is 18.0 Å². The van der Waals surface area contributed by atoms with Crippen molar-refractivity contribution < 1.29 is 22.4 Å². The van der Waals surface area contributed by atoms with Crippen molar-refractivity contribution in [2.24, 2.45) is 0 Å². The van der Waals surface area contributed by atoms with Gasteiger partial charge < -0.3 is 9.73 Å². The highest BCUT2D eigenvalue weighted by Crippen LogP contribution is 2.33. The molecule has 1 heterocycles. The third-order valence-corrected chi connectivity index (χ3v) is 4.53. The molecular formula is C17H11F3INO2. The molecular weight excluding hydrogens is 434 g/mol. The lowest BCUT2D eigenvalue weighted by Gasteiger charge is -2.11. The minimum absolute atomic E-state index is 0.0874. The first-order valence-corrected chi connectivity index (χ1v) is 8.01. The van der Waals surface area contributed by atoms with Crippen molar-refractivity contribution in [2.45, 2.75) is 13.1 Å². The predicted octanol–water partition coefficient (Wildman–Crippen LogP) is 5.62. The lowest BCUT2D eigenvalue weighted by molar-refractivity contribution is -0.137. The first kappa shape index (κ1) is 16.8. The van der Waals surface area contributed by atoms with Crippen LogP contribution in [-0.2, 0) is 6.18 Å². The van der Waals surface area contributed by atoms with Crippen molar-refractivity contribution >= 4 is 45.2 Å². The van der Waals surface area contributed by atoms with Crippen LogP contribution in [0.5, 0.6) is 0 Å². The van der Waals surface area contributed by atoms with E-state index in [1.807, 2.05) is 34.7 Å². The van der Waals surface area contributed by atoms with E-state index >= 15 is 0 Å². The van der Waals surface area contributed by atoms with E-state index in [0.29, 0.717) is 14.7 Å². The monoisotopic (exact) mass is 445 g/mol. The quantitative estimate of drug-likeness (QED) is 0.521. The highest BCUT2D eigenvalue weighted by Gasteiger charge is 2.31. The molecule has 0 saturated heterocycles. The van der Waals surface area contributed by atoms with Gasteiger partial charge in [-0.1, -0.05) is 18.2 Å². The number of alkyl halides is 3. The van der Waals surface area contributed by atoms with Crippen molar-refractivity contribution in [3.8, 4) is 0 Å². The number of para-hydroxylation sites is 1. The number of benzene rings is 2. The lowest BCUT2D eigenvalue weighted by Crippen LogP contribution is -2.14. The van der Waals surface area contributed by atoms with Gasteiger partial charge in [-0.2, -0.15) is 13.2 Å². The van der Waals surface area contributed by atoms with Crippen LogP contribution in [0.1, 0.15) is 21.7 Å². The Labute approximate surface area is 149 Å². The fourth-order valence-electron chi connectivity index (χ4n) is 2.37. The second-order valence-corrected chi connectivity index (χ2v) is 6.36. The maximum absolute atomic E-state index is 12.8. The molecule has 0 fully saturated rings. The van der Waals surface area contributed by atoms with Gasteiger partial charge in [0, 0.05) is 14.5 Å². The third kappa shape index (κ3) is 3.12. The topological polar surface area (TPSA) is 42.2 Å². The van der Waals surface area contributed by atoms with Crippen molar-refractivity contribution in [1.29, 1.82) is 0 Å². The van der Waals surface area contributed by atoms with Gasteiger partial charge in [-0.3, -0.25) is 4.79 Å². The van der Waals surface area contributed by atoms with E-state index in [-0.39, 0.29) is 11.4 Å². The predicted molar refractivity (Wildman–Crippen MR) is 93.1 cm³/mol. The minimum atomic E-state index is -4.47. The molecule has 24 heavy (non-hydrogen) atoms. The molecule has 1 aromatic heterocycles. The number of carbonyl (C=O) groups excluding carboxylic acids is 1. The van der Waals surface area contributed by atoms with E-state index in [1.165, 1.54) is 6.07 Å². The Kier molecular flexibility index (Phi) is 4.29. The Morgan fingerprint density at radius 2 is 1.88 bits per heavy atom. The average molecular weight is 445 g/mol. The van der Waals surface area contributed by atoms with E-state index < -0.39 is 17.6 Å². The van der Waals surface area contributed by atoms with Gasteiger partial charge in [-0.15, -0.1) is 0 Å². The fraction of sp³-hybridized carbons (Fsp3) is 0.118. The van der Waals surface area contributed by atoms with E-state index in [0.717, 1.165) is 17.5 Å². The number of carbonyl (C=O) groups is 1. The average Bonchev–Trinajstić information content (AvgIpc) is 2.86. The first-order valence-electron chi connectivity index (χ1n) is 6.93. The van der Waals surface area contributed by atoms with Crippen LogP contribution >= 0.6 is 22.6 Å². The van der Waals surface area contributed by atoms with Crippen molar-refractivity contribution in [3.63, 3.8) is 0 Å². The highest BCUT2D eigenvalue weighted by atomic mass is 127. The summed E-state index contributed by atoms with van der Waals surface area (Å²) in [5, 5.41) is 3.29. The molecule has 1 N–H and O–H groups in total. The number of aryl methyl sites for hydroxylation is 1. The molecule has 0 aliphatic heterocycles. The molecule has 0 bridgehead atoms. The number of halogens is 4. The number of furan rings is 1. The van der Waals surface area contributed by atoms with Crippen LogP contribution in [0.3, 0.4) is 0 Å². The summed E-state index contributed by atoms with van der Waals surface area (Å²) in [5.74, 6) is -0.495. The van der Waals surface area contributed by atoms with Crippen LogP contribution in [0.15, 0.2) is 46.9 Å². The van der Waals surface area contributed by atoms with Gasteiger partial charge in [0.15, 0.2) is 5.76 Å². The van der Waals surface area contributed by atoms with E-state index in [1.54, 1.807) is 19.1 Å². The van der Waals surface area contributed by atoms with Crippen LogP contribution in [-0.4, -0.2) is 5.91 Å². The molecule has 3 aromatic rings. The molecule has 7 heteroatoms. The number of rotatable bonds is 2. The summed E-state index contributed by atoms with van der Waals surface area (Å²) >= 11 is 1.87. The molecule has 0 atom stereocenters. The summed E-state index contributed by atoms with van der Waals surface area (Å²) in [6.07, 6.45) is -4.47. The molecule has 3 rings (SSSR count). The van der Waals surface area contributed by atoms with Crippen LogP contribution in [0, 0.1) is 10.5 Å². The van der Waals surface area contributed by atoms with Crippen molar-refractivity contribution in [3.05, 3.63) is 62.9 Å². The molecule has 0 unspecified atom stereocenters. The van der Waals surface area contributed by atoms with Gasteiger partial charge in [0.1, 0.15) is 5.58 Å². The van der Waals surface area contributed by atoms with Gasteiger partial charge in [0.25, 0.3) is 5.91 Å². The number of nitrogens with one attached hydrogen (secondary N) is 1. The van der Waals surface area contributed by atoms with E-state index in [4.69, 9.17) is 4.42 Å². The largest absolute Gasteiger partial charge is 0.451 e. The van der Waals surface area contributed by atoms with Crippen molar-refractivity contribution in [1.82, 2.24) is 0 Å². The first-order chi connectivity index (χ1) is 11.3. The number of anilines is 1. The number of fused-ring (bicyclic) bond motifs is 1. The number of amides is 1. The molecule has 124 valence electrons. The Bertz CT molecular complexity index is 931. The highest BCUT2D eigenvalue weighted by molar-refractivity contribution is 14.1. The van der Waals surface area contributed by atoms with Crippen LogP contribution in [0.4, 0.5) is 18.9 Å². The number of hydrogen-bond donors (Lipinski definition) is 1. The zero-order valence-corrected chi connectivity index (χ0v) is 14.5. The molecule has 0 saturated carbocycles. The van der Waals surface area contributed by atoms with Crippen LogP contribution < -0.4 is 5.32 Å². The molecule has 0 aliphatic rings. The summed E-state index contributed by atoms with van der Waals surface area (Å²) < 4.78 is 44.5. The summed E-state index contributed by atoms with van der Waals surface area (Å²) in [6.45, 7) is 1.73. The SMILES string of the molecule is Cc1c(C(=O)Nc2cc(C(F)(F)F)ccc2I)oc2ccccc12. The smallest absolute Gasteiger partial charge is 0.416 e. The molecule has 1 amide bonds. The summed E-state index contributed by atoms with van der Waals surface area (Å²) in [6, 6.07) is 10.4. The molecule has 3 nitrogen and oxygen atoms in total. The lowest BCUT2D eigenvalue weighted by atomic mass is 10.1. The summed E-state index contributed by atoms with van der Waals surface area (Å²) in [7, 11) is 0. The molecule has 0 aliphatic carbocycles. The summed E-state index contributed by atoms with van der Waals surface area (Å²) in [4.78, 5) is 12.4. The van der Waals surface area contributed by atoms with Crippen LogP contribution in [0.25, 0.3) is 11.0 Å². The third-order valence-electron chi connectivity index (χ3n) is 3.59. The van der Waals surface area contributed by atoms with Gasteiger partial charge in [-0.25, -0.2) is 0 Å².